The summed E-state index contributed by atoms with van der Waals surface area (Å²) in [5, 5.41) is -0.810. The van der Waals surface area contributed by atoms with Gasteiger partial charge in [-0.05, 0) is 18.1 Å². The fraction of sp³-hybridized carbons (Fsp3) is 0.455. The molecule has 0 radical (unpaired) electrons. The minimum Gasteiger partial charge on any atom is -0.229 e. The Bertz CT molecular complexity index is 602. The van der Waals surface area contributed by atoms with Crippen molar-refractivity contribution >= 4 is 19.7 Å². The van der Waals surface area contributed by atoms with Crippen molar-refractivity contribution < 1.29 is 16.8 Å². The Morgan fingerprint density at radius 1 is 1.12 bits per heavy atom. The fourth-order valence-corrected chi connectivity index (χ4v) is 7.22. The largest absolute Gasteiger partial charge is 0.229 e. The molecule has 2 atom stereocenters. The summed E-state index contributed by atoms with van der Waals surface area (Å²) in [7, 11) is -6.75. The Morgan fingerprint density at radius 2 is 1.71 bits per heavy atom. The topological polar surface area (TPSA) is 68.3 Å². The predicted octanol–water partition coefficient (Wildman–Crippen LogP) is 0.893. The fourth-order valence-electron chi connectivity index (χ4n) is 2.17. The van der Waals surface area contributed by atoms with Crippen molar-refractivity contribution in [3.8, 4) is 0 Å². The van der Waals surface area contributed by atoms with E-state index >= 15 is 0 Å². The van der Waals surface area contributed by atoms with E-state index < -0.39 is 24.9 Å². The smallest absolute Gasteiger partial charge is 0.182 e. The Labute approximate surface area is 102 Å². The molecular formula is C11H14O4S2. The van der Waals surface area contributed by atoms with Crippen LogP contribution in [0, 0.1) is 5.92 Å². The molecule has 0 N–H and O–H groups in total. The van der Waals surface area contributed by atoms with Crippen LogP contribution < -0.4 is 0 Å². The van der Waals surface area contributed by atoms with Crippen LogP contribution in [0.3, 0.4) is 0 Å². The highest BCUT2D eigenvalue weighted by Crippen LogP contribution is 2.29. The molecule has 94 valence electrons. The first kappa shape index (κ1) is 12.6. The highest BCUT2D eigenvalue weighted by Gasteiger charge is 2.43. The first-order chi connectivity index (χ1) is 7.83. The molecule has 1 aromatic carbocycles. The van der Waals surface area contributed by atoms with Crippen LogP contribution in [0.2, 0.25) is 0 Å². The van der Waals surface area contributed by atoms with E-state index in [1.165, 1.54) is 12.1 Å². The van der Waals surface area contributed by atoms with Crippen molar-refractivity contribution in [1.82, 2.24) is 0 Å². The minimum absolute atomic E-state index is 0.0380. The average Bonchev–Trinajstić information content (AvgIpc) is 2.54. The Hall–Kier alpha value is -0.880. The third-order valence-corrected chi connectivity index (χ3v) is 7.51. The number of sulfone groups is 2. The van der Waals surface area contributed by atoms with Gasteiger partial charge in [0.25, 0.3) is 0 Å². The molecule has 6 heteroatoms. The van der Waals surface area contributed by atoms with E-state index in [0.717, 1.165) is 0 Å². The molecule has 0 amide bonds. The van der Waals surface area contributed by atoms with Crippen molar-refractivity contribution in [3.05, 3.63) is 30.3 Å². The lowest BCUT2D eigenvalue weighted by atomic mass is 10.2. The van der Waals surface area contributed by atoms with Gasteiger partial charge in [-0.25, -0.2) is 16.8 Å². The standard InChI is InChI=1S/C11H14O4S2/c1-9-7-16(12,13)8-11(9)17(14,15)10-5-3-2-4-6-10/h2-6,9,11H,7-8H2,1H3/t9-,11+/m1/s1. The first-order valence-electron chi connectivity index (χ1n) is 5.32. The van der Waals surface area contributed by atoms with E-state index in [4.69, 9.17) is 0 Å². The SMILES string of the molecule is C[C@@H]1CS(=O)(=O)C[C@@H]1S(=O)(=O)c1ccccc1. The van der Waals surface area contributed by atoms with Crippen LogP contribution in [0.5, 0.6) is 0 Å². The predicted molar refractivity (Wildman–Crippen MR) is 65.2 cm³/mol. The summed E-state index contributed by atoms with van der Waals surface area (Å²) < 4.78 is 47.5. The zero-order valence-electron chi connectivity index (χ0n) is 9.41. The van der Waals surface area contributed by atoms with Crippen molar-refractivity contribution in [2.75, 3.05) is 11.5 Å². The maximum Gasteiger partial charge on any atom is 0.182 e. The molecule has 2 rings (SSSR count). The van der Waals surface area contributed by atoms with E-state index in [2.05, 4.69) is 0 Å². The Morgan fingerprint density at radius 3 is 2.18 bits per heavy atom. The van der Waals surface area contributed by atoms with Gasteiger partial charge in [0.1, 0.15) is 0 Å². The van der Waals surface area contributed by atoms with Crippen molar-refractivity contribution in [2.45, 2.75) is 17.1 Å². The maximum atomic E-state index is 12.3. The summed E-state index contributed by atoms with van der Waals surface area (Å²) in [5.41, 5.74) is 0. The lowest BCUT2D eigenvalue weighted by Gasteiger charge is -2.14. The zero-order valence-corrected chi connectivity index (χ0v) is 11.0. The van der Waals surface area contributed by atoms with Gasteiger partial charge in [-0.1, -0.05) is 25.1 Å². The van der Waals surface area contributed by atoms with E-state index in [1.54, 1.807) is 25.1 Å². The number of hydrogen-bond donors (Lipinski definition) is 0. The molecule has 1 aliphatic heterocycles. The Kier molecular flexibility index (Phi) is 3.03. The lowest BCUT2D eigenvalue weighted by Crippen LogP contribution is -2.27. The zero-order chi connectivity index (χ0) is 12.7. The summed E-state index contributed by atoms with van der Waals surface area (Å²) in [6, 6.07) is 8.02. The normalized spacial score (nSPS) is 28.1. The molecule has 1 saturated heterocycles. The summed E-state index contributed by atoms with van der Waals surface area (Å²) in [6.07, 6.45) is 0. The molecule has 0 bridgehead atoms. The van der Waals surface area contributed by atoms with Crippen LogP contribution in [0.25, 0.3) is 0 Å². The average molecular weight is 274 g/mol. The second-order valence-corrected chi connectivity index (χ2v) is 8.77. The summed E-state index contributed by atoms with van der Waals surface area (Å²) in [5.74, 6) is -0.639. The first-order valence-corrected chi connectivity index (χ1v) is 8.69. The van der Waals surface area contributed by atoms with Gasteiger partial charge in [0.2, 0.25) is 0 Å². The minimum atomic E-state index is -3.54. The molecule has 1 fully saturated rings. The molecule has 4 nitrogen and oxygen atoms in total. The van der Waals surface area contributed by atoms with Crippen LogP contribution in [-0.4, -0.2) is 33.6 Å². The van der Waals surface area contributed by atoms with Gasteiger partial charge in [-0.2, -0.15) is 0 Å². The molecule has 0 saturated carbocycles. The van der Waals surface area contributed by atoms with Gasteiger partial charge in [0.15, 0.2) is 19.7 Å². The van der Waals surface area contributed by atoms with Crippen LogP contribution in [-0.2, 0) is 19.7 Å². The molecule has 1 aliphatic rings. The van der Waals surface area contributed by atoms with Crippen molar-refractivity contribution in [1.29, 1.82) is 0 Å². The van der Waals surface area contributed by atoms with Crippen LogP contribution in [0.1, 0.15) is 6.92 Å². The second-order valence-electron chi connectivity index (χ2n) is 4.45. The van der Waals surface area contributed by atoms with Gasteiger partial charge >= 0.3 is 0 Å². The second kappa shape index (κ2) is 4.10. The molecule has 1 heterocycles. The van der Waals surface area contributed by atoms with Crippen molar-refractivity contribution in [2.24, 2.45) is 5.92 Å². The summed E-state index contributed by atoms with van der Waals surface area (Å²) in [6.45, 7) is 1.68. The van der Waals surface area contributed by atoms with E-state index in [-0.39, 0.29) is 22.3 Å². The molecule has 1 aromatic rings. The van der Waals surface area contributed by atoms with E-state index in [1.807, 2.05) is 0 Å². The summed E-state index contributed by atoms with van der Waals surface area (Å²) >= 11 is 0. The summed E-state index contributed by atoms with van der Waals surface area (Å²) in [4.78, 5) is 0.203. The molecule has 17 heavy (non-hydrogen) atoms. The van der Waals surface area contributed by atoms with Crippen LogP contribution >= 0.6 is 0 Å². The van der Waals surface area contributed by atoms with Gasteiger partial charge in [-0.15, -0.1) is 0 Å². The quantitative estimate of drug-likeness (QED) is 0.803. The lowest BCUT2D eigenvalue weighted by molar-refractivity contribution is 0.559. The highest BCUT2D eigenvalue weighted by molar-refractivity contribution is 7.96. The van der Waals surface area contributed by atoms with E-state index in [9.17, 15) is 16.8 Å². The maximum absolute atomic E-state index is 12.3. The molecule has 0 spiro atoms. The van der Waals surface area contributed by atoms with Gasteiger partial charge in [0, 0.05) is 0 Å². The highest BCUT2D eigenvalue weighted by atomic mass is 32.2. The van der Waals surface area contributed by atoms with Gasteiger partial charge < -0.3 is 0 Å². The third kappa shape index (κ3) is 2.37. The molecular weight excluding hydrogens is 260 g/mol. The third-order valence-electron chi connectivity index (χ3n) is 3.04. The van der Waals surface area contributed by atoms with Gasteiger partial charge in [0.05, 0.1) is 21.7 Å². The molecule has 0 unspecified atom stereocenters. The monoisotopic (exact) mass is 274 g/mol. The van der Waals surface area contributed by atoms with Gasteiger partial charge in [-0.3, -0.25) is 0 Å². The number of hydrogen-bond acceptors (Lipinski definition) is 4. The number of rotatable bonds is 2. The molecule has 0 aliphatic carbocycles. The number of benzene rings is 1. The van der Waals surface area contributed by atoms with E-state index in [0.29, 0.717) is 0 Å². The van der Waals surface area contributed by atoms with Crippen LogP contribution in [0.4, 0.5) is 0 Å². The Balaban J connectivity index is 2.42. The van der Waals surface area contributed by atoms with Crippen LogP contribution in [0.15, 0.2) is 35.2 Å². The van der Waals surface area contributed by atoms with Crippen molar-refractivity contribution in [3.63, 3.8) is 0 Å². The molecule has 0 aromatic heterocycles.